The van der Waals surface area contributed by atoms with Crippen LogP contribution in [0.15, 0.2) is 42.5 Å². The van der Waals surface area contributed by atoms with Crippen molar-refractivity contribution < 1.29 is 22.7 Å². The van der Waals surface area contributed by atoms with E-state index in [9.17, 15) is 13.2 Å². The van der Waals surface area contributed by atoms with Gasteiger partial charge in [-0.2, -0.15) is 0 Å². The summed E-state index contributed by atoms with van der Waals surface area (Å²) >= 11 is 0. The summed E-state index contributed by atoms with van der Waals surface area (Å²) in [6, 6.07) is 12.0. The number of hydrogen-bond acceptors (Lipinski definition) is 6. The molecule has 1 saturated heterocycles. The Bertz CT molecular complexity index is 1050. The van der Waals surface area contributed by atoms with E-state index in [-0.39, 0.29) is 5.69 Å². The fraction of sp³-hybridized carbons (Fsp3) is 0.458. The highest BCUT2D eigenvalue weighted by Crippen LogP contribution is 2.35. The average molecular weight is 476 g/mol. The quantitative estimate of drug-likeness (QED) is 0.569. The zero-order valence-electron chi connectivity index (χ0n) is 19.7. The summed E-state index contributed by atoms with van der Waals surface area (Å²) < 4.78 is 36.9. The Labute approximate surface area is 196 Å². The normalized spacial score (nSPS) is 15.2. The lowest BCUT2D eigenvalue weighted by Crippen LogP contribution is -2.47. The van der Waals surface area contributed by atoms with Gasteiger partial charge in [0.2, 0.25) is 15.9 Å². The molecule has 180 valence electrons. The van der Waals surface area contributed by atoms with Gasteiger partial charge in [0, 0.05) is 19.2 Å². The molecule has 2 aromatic rings. The molecule has 9 heteroatoms. The van der Waals surface area contributed by atoms with Gasteiger partial charge in [0.15, 0.2) is 0 Å². The molecule has 0 unspecified atom stereocenters. The van der Waals surface area contributed by atoms with E-state index in [1.807, 2.05) is 12.1 Å². The molecule has 0 bridgehead atoms. The molecule has 1 heterocycles. The predicted molar refractivity (Wildman–Crippen MR) is 129 cm³/mol. The number of nitrogens with zero attached hydrogens (tertiary/aromatic N) is 2. The first-order valence-electron chi connectivity index (χ1n) is 11.0. The number of carbonyl (C=O) groups is 1. The largest absolute Gasteiger partial charge is 0.497 e. The van der Waals surface area contributed by atoms with Gasteiger partial charge in [-0.1, -0.05) is 24.3 Å². The van der Waals surface area contributed by atoms with E-state index < -0.39 is 22.0 Å². The van der Waals surface area contributed by atoms with Crippen LogP contribution in [0.25, 0.3) is 0 Å². The number of nitrogens with one attached hydrogen (secondary N) is 1. The van der Waals surface area contributed by atoms with Crippen LogP contribution in [0.5, 0.6) is 11.5 Å². The number of likely N-dealkylation sites (tertiary alicyclic amines) is 1. The Morgan fingerprint density at radius 3 is 2.27 bits per heavy atom. The van der Waals surface area contributed by atoms with Crippen molar-refractivity contribution in [2.45, 2.75) is 38.9 Å². The van der Waals surface area contributed by atoms with Crippen LogP contribution < -0.4 is 19.1 Å². The van der Waals surface area contributed by atoms with Crippen molar-refractivity contribution in [1.82, 2.24) is 10.2 Å². The number of hydrogen-bond donors (Lipinski definition) is 1. The zero-order chi connectivity index (χ0) is 24.0. The number of benzene rings is 2. The SMILES string of the molecule is COc1ccc(OC)c(N([C@H](C)C(=O)NCc2ccc(CN3CCCC3)cc2)S(C)(=O)=O)c1. The van der Waals surface area contributed by atoms with Gasteiger partial charge < -0.3 is 14.8 Å². The van der Waals surface area contributed by atoms with Gasteiger partial charge in [0.05, 0.1) is 26.2 Å². The van der Waals surface area contributed by atoms with Gasteiger partial charge in [-0.15, -0.1) is 0 Å². The molecule has 1 atom stereocenters. The van der Waals surface area contributed by atoms with Crippen LogP contribution in [0.4, 0.5) is 5.69 Å². The lowest BCUT2D eigenvalue weighted by molar-refractivity contribution is -0.122. The molecule has 2 aromatic carbocycles. The molecule has 0 radical (unpaired) electrons. The molecule has 0 spiro atoms. The second-order valence-electron chi connectivity index (χ2n) is 8.29. The van der Waals surface area contributed by atoms with Crippen molar-refractivity contribution in [3.8, 4) is 11.5 Å². The van der Waals surface area contributed by atoms with Gasteiger partial charge >= 0.3 is 0 Å². The van der Waals surface area contributed by atoms with Crippen molar-refractivity contribution in [3.05, 3.63) is 53.6 Å². The van der Waals surface area contributed by atoms with Crippen LogP contribution in [0.3, 0.4) is 0 Å². The minimum absolute atomic E-state index is 0.244. The average Bonchev–Trinajstić information content (AvgIpc) is 3.30. The first-order chi connectivity index (χ1) is 15.7. The molecule has 0 saturated carbocycles. The molecule has 0 aromatic heterocycles. The second kappa shape index (κ2) is 10.9. The fourth-order valence-corrected chi connectivity index (χ4v) is 5.22. The molecule has 1 aliphatic heterocycles. The summed E-state index contributed by atoms with van der Waals surface area (Å²) in [5, 5.41) is 2.85. The third-order valence-electron chi connectivity index (χ3n) is 5.81. The van der Waals surface area contributed by atoms with Crippen LogP contribution in [-0.2, 0) is 27.9 Å². The molecule has 8 nitrogen and oxygen atoms in total. The monoisotopic (exact) mass is 475 g/mol. The van der Waals surface area contributed by atoms with Crippen molar-refractivity contribution >= 4 is 21.6 Å². The number of amides is 1. The topological polar surface area (TPSA) is 88.2 Å². The third-order valence-corrected chi connectivity index (χ3v) is 7.03. The molecule has 0 aliphatic carbocycles. The molecule has 1 aliphatic rings. The molecular formula is C24H33N3O5S. The Morgan fingerprint density at radius 2 is 1.70 bits per heavy atom. The number of anilines is 1. The summed E-state index contributed by atoms with van der Waals surface area (Å²) in [5.41, 5.74) is 2.44. The number of methoxy groups -OCH3 is 2. The Hall–Kier alpha value is -2.78. The maximum absolute atomic E-state index is 12.9. The van der Waals surface area contributed by atoms with Gasteiger partial charge in [0.25, 0.3) is 0 Å². The Morgan fingerprint density at radius 1 is 1.06 bits per heavy atom. The molecule has 33 heavy (non-hydrogen) atoms. The third kappa shape index (κ3) is 6.39. The van der Waals surface area contributed by atoms with Gasteiger partial charge in [0.1, 0.15) is 17.5 Å². The number of carbonyl (C=O) groups excluding carboxylic acids is 1. The number of sulfonamides is 1. The highest BCUT2D eigenvalue weighted by atomic mass is 32.2. The van der Waals surface area contributed by atoms with E-state index in [1.54, 1.807) is 25.1 Å². The maximum Gasteiger partial charge on any atom is 0.243 e. The smallest absolute Gasteiger partial charge is 0.243 e. The van der Waals surface area contributed by atoms with E-state index in [0.29, 0.717) is 18.0 Å². The van der Waals surface area contributed by atoms with Crippen molar-refractivity contribution in [1.29, 1.82) is 0 Å². The summed E-state index contributed by atoms with van der Waals surface area (Å²) in [7, 11) is -0.850. The van der Waals surface area contributed by atoms with Crippen molar-refractivity contribution in [2.24, 2.45) is 0 Å². The van der Waals surface area contributed by atoms with E-state index in [0.717, 1.165) is 35.8 Å². The summed E-state index contributed by atoms with van der Waals surface area (Å²) in [5.74, 6) is 0.377. The zero-order valence-corrected chi connectivity index (χ0v) is 20.5. The maximum atomic E-state index is 12.9. The Kier molecular flexibility index (Phi) is 8.20. The minimum atomic E-state index is -3.79. The van der Waals surface area contributed by atoms with Crippen LogP contribution in [-0.4, -0.2) is 58.8 Å². The molecule has 1 amide bonds. The van der Waals surface area contributed by atoms with Gasteiger partial charge in [-0.05, 0) is 56.1 Å². The number of rotatable bonds is 10. The first kappa shape index (κ1) is 24.9. The van der Waals surface area contributed by atoms with E-state index in [4.69, 9.17) is 9.47 Å². The molecular weight excluding hydrogens is 442 g/mol. The van der Waals surface area contributed by atoms with Gasteiger partial charge in [-0.3, -0.25) is 14.0 Å². The second-order valence-corrected chi connectivity index (χ2v) is 10.1. The van der Waals surface area contributed by atoms with Gasteiger partial charge in [-0.25, -0.2) is 8.42 Å². The van der Waals surface area contributed by atoms with Crippen molar-refractivity contribution in [2.75, 3.05) is 37.9 Å². The van der Waals surface area contributed by atoms with E-state index >= 15 is 0 Å². The first-order valence-corrected chi connectivity index (χ1v) is 12.9. The molecule has 3 rings (SSSR count). The highest BCUT2D eigenvalue weighted by Gasteiger charge is 2.31. The lowest BCUT2D eigenvalue weighted by Gasteiger charge is -2.29. The Balaban J connectivity index is 1.70. The standard InChI is InChI=1S/C24H33N3O5S/c1-18(27(33(4,29)30)22-15-21(31-2)11-12-23(22)32-3)24(28)25-16-19-7-9-20(10-8-19)17-26-13-5-6-14-26/h7-12,15,18H,5-6,13-14,16-17H2,1-4H3,(H,25,28)/t18-/m1/s1. The highest BCUT2D eigenvalue weighted by molar-refractivity contribution is 7.92. The summed E-state index contributed by atoms with van der Waals surface area (Å²) in [6.45, 7) is 5.08. The summed E-state index contributed by atoms with van der Waals surface area (Å²) in [6.07, 6.45) is 3.58. The number of ether oxygens (including phenoxy) is 2. The molecule has 1 fully saturated rings. The van der Waals surface area contributed by atoms with Crippen LogP contribution in [0.2, 0.25) is 0 Å². The van der Waals surface area contributed by atoms with E-state index in [2.05, 4.69) is 22.3 Å². The van der Waals surface area contributed by atoms with Crippen LogP contribution in [0, 0.1) is 0 Å². The van der Waals surface area contributed by atoms with Crippen LogP contribution >= 0.6 is 0 Å². The van der Waals surface area contributed by atoms with Crippen LogP contribution in [0.1, 0.15) is 30.9 Å². The van der Waals surface area contributed by atoms with Crippen molar-refractivity contribution in [3.63, 3.8) is 0 Å². The predicted octanol–water partition coefficient (Wildman–Crippen LogP) is 2.77. The molecule has 1 N–H and O–H groups in total. The lowest BCUT2D eigenvalue weighted by atomic mass is 10.1. The summed E-state index contributed by atoms with van der Waals surface area (Å²) in [4.78, 5) is 15.4. The minimum Gasteiger partial charge on any atom is -0.497 e. The fourth-order valence-electron chi connectivity index (χ4n) is 4.05. The van der Waals surface area contributed by atoms with E-state index in [1.165, 1.54) is 32.6 Å².